The number of ether oxygens (including phenoxy) is 2. The monoisotopic (exact) mass is 478 g/mol. The molecule has 0 unspecified atom stereocenters. The Morgan fingerprint density at radius 2 is 1.60 bits per heavy atom. The summed E-state index contributed by atoms with van der Waals surface area (Å²) in [7, 11) is 0. The number of hydrogen-bond donors (Lipinski definition) is 2. The van der Waals surface area contributed by atoms with Gasteiger partial charge in [0.15, 0.2) is 0 Å². The maximum atomic E-state index is 13.5. The first-order valence-corrected chi connectivity index (χ1v) is 11.9. The number of aromatic carboxylic acids is 1. The van der Waals surface area contributed by atoms with Crippen LogP contribution >= 0.6 is 0 Å². The molecule has 0 atom stereocenters. The highest BCUT2D eigenvalue weighted by Crippen LogP contribution is 2.40. The van der Waals surface area contributed by atoms with E-state index < -0.39 is 5.97 Å². The number of nitrogens with one attached hydrogen (secondary N) is 1. The van der Waals surface area contributed by atoms with Gasteiger partial charge in [-0.1, -0.05) is 12.1 Å². The maximum absolute atomic E-state index is 13.5. The molecule has 184 valence electrons. The Balaban J connectivity index is 1.40. The standard InChI is InChI=1S/C28H31FN2O4/c1-3-34-25-13-19(14-26(35-4-2)27(25)21-5-9-23(29)10-6-21)16-31-17-20(18-31)15-30-24-11-7-22(8-12-24)28(32)33/h5-14,20,30H,3-4,15-18H2,1-2H3,(H,32,33). The second kappa shape index (κ2) is 11.2. The summed E-state index contributed by atoms with van der Waals surface area (Å²) in [6.45, 7) is 8.49. The minimum Gasteiger partial charge on any atom is -0.493 e. The highest BCUT2D eigenvalue weighted by Gasteiger charge is 2.27. The minimum absolute atomic E-state index is 0.277. The third-order valence-electron chi connectivity index (χ3n) is 6.02. The van der Waals surface area contributed by atoms with E-state index in [1.165, 1.54) is 12.1 Å². The number of carbonyl (C=O) groups is 1. The molecule has 35 heavy (non-hydrogen) atoms. The molecule has 0 aliphatic carbocycles. The minimum atomic E-state index is -0.920. The van der Waals surface area contributed by atoms with Gasteiger partial charge in [-0.3, -0.25) is 4.90 Å². The predicted octanol–water partition coefficient (Wildman–Crippen LogP) is 5.53. The summed E-state index contributed by atoms with van der Waals surface area (Å²) in [6.07, 6.45) is 0. The van der Waals surface area contributed by atoms with Crippen LogP contribution in [0.3, 0.4) is 0 Å². The van der Waals surface area contributed by atoms with Gasteiger partial charge in [-0.15, -0.1) is 0 Å². The zero-order valence-corrected chi connectivity index (χ0v) is 20.1. The second-order valence-electron chi connectivity index (χ2n) is 8.66. The average molecular weight is 479 g/mol. The van der Waals surface area contributed by atoms with Crippen molar-refractivity contribution in [1.82, 2.24) is 4.90 Å². The number of carboxylic acids is 1. The fraction of sp³-hybridized carbons (Fsp3) is 0.321. The Kier molecular flexibility index (Phi) is 7.87. The molecule has 1 fully saturated rings. The molecule has 1 heterocycles. The van der Waals surface area contributed by atoms with Crippen LogP contribution in [-0.4, -0.2) is 48.8 Å². The summed E-state index contributed by atoms with van der Waals surface area (Å²) in [4.78, 5) is 13.4. The van der Waals surface area contributed by atoms with Crippen molar-refractivity contribution in [2.75, 3.05) is 38.2 Å². The van der Waals surface area contributed by atoms with E-state index in [4.69, 9.17) is 14.6 Å². The van der Waals surface area contributed by atoms with Crippen molar-refractivity contribution in [3.63, 3.8) is 0 Å². The van der Waals surface area contributed by atoms with Crippen molar-refractivity contribution in [1.29, 1.82) is 0 Å². The number of carboxylic acid groups (broad SMARTS) is 1. The number of rotatable bonds is 11. The smallest absolute Gasteiger partial charge is 0.335 e. The van der Waals surface area contributed by atoms with Gasteiger partial charge in [-0.25, -0.2) is 9.18 Å². The molecule has 0 bridgehead atoms. The molecular weight excluding hydrogens is 447 g/mol. The van der Waals surface area contributed by atoms with E-state index in [-0.39, 0.29) is 11.4 Å². The fourth-order valence-corrected chi connectivity index (χ4v) is 4.36. The van der Waals surface area contributed by atoms with Crippen molar-refractivity contribution in [3.8, 4) is 22.6 Å². The zero-order chi connectivity index (χ0) is 24.8. The van der Waals surface area contributed by atoms with Crippen molar-refractivity contribution < 1.29 is 23.8 Å². The van der Waals surface area contributed by atoms with E-state index in [9.17, 15) is 9.18 Å². The van der Waals surface area contributed by atoms with E-state index >= 15 is 0 Å². The highest BCUT2D eigenvalue weighted by atomic mass is 19.1. The predicted molar refractivity (Wildman–Crippen MR) is 135 cm³/mol. The molecule has 1 aliphatic heterocycles. The molecule has 1 saturated heterocycles. The lowest BCUT2D eigenvalue weighted by molar-refractivity contribution is 0.0697. The van der Waals surface area contributed by atoms with Crippen LogP contribution in [0.1, 0.15) is 29.8 Å². The quantitative estimate of drug-likeness (QED) is 0.378. The molecule has 1 aliphatic rings. The molecule has 2 N–H and O–H groups in total. The molecule has 3 aromatic carbocycles. The molecule has 4 rings (SSSR count). The third-order valence-corrected chi connectivity index (χ3v) is 6.02. The van der Waals surface area contributed by atoms with Gasteiger partial charge in [-0.2, -0.15) is 0 Å². The number of halogens is 1. The van der Waals surface area contributed by atoms with Crippen LogP contribution in [-0.2, 0) is 6.54 Å². The topological polar surface area (TPSA) is 71.0 Å². The van der Waals surface area contributed by atoms with Crippen LogP contribution in [0.5, 0.6) is 11.5 Å². The van der Waals surface area contributed by atoms with Crippen molar-refractivity contribution in [3.05, 3.63) is 77.6 Å². The average Bonchev–Trinajstić information content (AvgIpc) is 2.82. The summed E-state index contributed by atoms with van der Waals surface area (Å²) in [5.74, 6) is 0.801. The van der Waals surface area contributed by atoms with Gasteiger partial charge in [-0.05, 0) is 73.5 Å². The van der Waals surface area contributed by atoms with Crippen molar-refractivity contribution in [2.45, 2.75) is 20.4 Å². The first-order chi connectivity index (χ1) is 17.0. The number of hydrogen-bond acceptors (Lipinski definition) is 5. The molecule has 0 saturated carbocycles. The summed E-state index contributed by atoms with van der Waals surface area (Å²) in [6, 6.07) is 17.3. The Morgan fingerprint density at radius 1 is 1.00 bits per heavy atom. The molecule has 6 nitrogen and oxygen atoms in total. The van der Waals surface area contributed by atoms with Gasteiger partial charge >= 0.3 is 5.97 Å². The number of nitrogens with zero attached hydrogens (tertiary/aromatic N) is 1. The van der Waals surface area contributed by atoms with Gasteiger partial charge in [0.1, 0.15) is 17.3 Å². The normalized spacial score (nSPS) is 13.8. The first kappa shape index (κ1) is 24.5. The largest absolute Gasteiger partial charge is 0.493 e. The number of likely N-dealkylation sites (tertiary alicyclic amines) is 1. The van der Waals surface area contributed by atoms with Crippen LogP contribution in [0.2, 0.25) is 0 Å². The summed E-state index contributed by atoms with van der Waals surface area (Å²) in [5.41, 5.74) is 4.02. The highest BCUT2D eigenvalue weighted by molar-refractivity contribution is 5.88. The SMILES string of the molecule is CCOc1cc(CN2CC(CNc3ccc(C(=O)O)cc3)C2)cc(OCC)c1-c1ccc(F)cc1. The van der Waals surface area contributed by atoms with Crippen molar-refractivity contribution in [2.24, 2.45) is 5.92 Å². The second-order valence-corrected chi connectivity index (χ2v) is 8.66. The molecule has 0 aromatic heterocycles. The van der Waals surface area contributed by atoms with Crippen LogP contribution < -0.4 is 14.8 Å². The summed E-state index contributed by atoms with van der Waals surface area (Å²) >= 11 is 0. The van der Waals surface area contributed by atoms with Gasteiger partial charge in [0, 0.05) is 37.8 Å². The van der Waals surface area contributed by atoms with Crippen LogP contribution in [0.4, 0.5) is 10.1 Å². The molecule has 3 aromatic rings. The molecule has 0 amide bonds. The van der Waals surface area contributed by atoms with E-state index in [0.717, 1.165) is 60.1 Å². The van der Waals surface area contributed by atoms with Gasteiger partial charge in [0.05, 0.1) is 24.3 Å². The number of benzene rings is 3. The van der Waals surface area contributed by atoms with E-state index in [2.05, 4.69) is 22.3 Å². The van der Waals surface area contributed by atoms with Crippen LogP contribution in [0.25, 0.3) is 11.1 Å². The number of anilines is 1. The van der Waals surface area contributed by atoms with Crippen LogP contribution in [0, 0.1) is 11.7 Å². The summed E-state index contributed by atoms with van der Waals surface area (Å²) < 4.78 is 25.4. The summed E-state index contributed by atoms with van der Waals surface area (Å²) in [5, 5.41) is 12.4. The van der Waals surface area contributed by atoms with Gasteiger partial charge in [0.2, 0.25) is 0 Å². The molecule has 0 spiro atoms. The maximum Gasteiger partial charge on any atom is 0.335 e. The lowest BCUT2D eigenvalue weighted by atomic mass is 9.97. The Labute approximate surface area is 205 Å². The first-order valence-electron chi connectivity index (χ1n) is 11.9. The Bertz CT molecular complexity index is 1120. The molecule has 0 radical (unpaired) electrons. The molecule has 7 heteroatoms. The van der Waals surface area contributed by atoms with E-state index in [1.807, 2.05) is 13.8 Å². The van der Waals surface area contributed by atoms with E-state index in [0.29, 0.717) is 19.1 Å². The van der Waals surface area contributed by atoms with Gasteiger partial charge < -0.3 is 19.9 Å². The van der Waals surface area contributed by atoms with E-state index in [1.54, 1.807) is 36.4 Å². The zero-order valence-electron chi connectivity index (χ0n) is 20.1. The van der Waals surface area contributed by atoms with Gasteiger partial charge in [0.25, 0.3) is 0 Å². The molecular formula is C28H31FN2O4. The lowest BCUT2D eigenvalue weighted by Gasteiger charge is -2.39. The Morgan fingerprint density at radius 3 is 2.14 bits per heavy atom. The van der Waals surface area contributed by atoms with Crippen molar-refractivity contribution >= 4 is 11.7 Å². The lowest BCUT2D eigenvalue weighted by Crippen LogP contribution is -2.48. The Hall–Kier alpha value is -3.58. The fourth-order valence-electron chi connectivity index (χ4n) is 4.36. The van der Waals surface area contributed by atoms with Crippen LogP contribution in [0.15, 0.2) is 60.7 Å². The third kappa shape index (κ3) is 6.11.